The van der Waals surface area contributed by atoms with Crippen LogP contribution in [0.3, 0.4) is 0 Å². The molecule has 1 unspecified atom stereocenters. The molecule has 0 aliphatic carbocycles. The minimum Gasteiger partial charge on any atom is -0.0843 e. The zero-order chi connectivity index (χ0) is 12.4. The Bertz CT molecular complexity index is 522. The standard InChI is InChI=1S/C14H11BrClI/c1-9-2-4-10(5-3-9)14(15)12-8-11(16)6-7-13(12)17/h2-8,14H,1H3. The third kappa shape index (κ3) is 3.24. The van der Waals surface area contributed by atoms with E-state index in [9.17, 15) is 0 Å². The van der Waals surface area contributed by atoms with Crippen molar-refractivity contribution in [3.63, 3.8) is 0 Å². The lowest BCUT2D eigenvalue weighted by Gasteiger charge is -2.13. The number of rotatable bonds is 2. The maximum absolute atomic E-state index is 6.05. The molecule has 0 saturated heterocycles. The molecule has 0 fully saturated rings. The molecule has 2 rings (SSSR count). The molecule has 0 bridgehead atoms. The molecular formula is C14H11BrClI. The lowest BCUT2D eigenvalue weighted by atomic mass is 10.0. The van der Waals surface area contributed by atoms with Gasteiger partial charge in [-0.1, -0.05) is 57.4 Å². The van der Waals surface area contributed by atoms with Crippen molar-refractivity contribution in [2.45, 2.75) is 11.8 Å². The van der Waals surface area contributed by atoms with Crippen LogP contribution in [0.4, 0.5) is 0 Å². The van der Waals surface area contributed by atoms with Gasteiger partial charge in [0.2, 0.25) is 0 Å². The molecule has 0 aliphatic heterocycles. The summed E-state index contributed by atoms with van der Waals surface area (Å²) in [7, 11) is 0. The smallest absolute Gasteiger partial charge is 0.0655 e. The summed E-state index contributed by atoms with van der Waals surface area (Å²) in [5, 5.41) is 0.775. The van der Waals surface area contributed by atoms with E-state index in [-0.39, 0.29) is 4.83 Å². The Morgan fingerprint density at radius 1 is 1.12 bits per heavy atom. The molecule has 1 atom stereocenters. The molecular weight excluding hydrogens is 410 g/mol. The normalized spacial score (nSPS) is 12.5. The van der Waals surface area contributed by atoms with Gasteiger partial charge in [-0.3, -0.25) is 0 Å². The molecule has 0 saturated carbocycles. The van der Waals surface area contributed by atoms with Gasteiger partial charge in [-0.2, -0.15) is 0 Å². The van der Waals surface area contributed by atoms with E-state index >= 15 is 0 Å². The van der Waals surface area contributed by atoms with Crippen LogP contribution >= 0.6 is 50.1 Å². The van der Waals surface area contributed by atoms with Crippen molar-refractivity contribution in [2.24, 2.45) is 0 Å². The number of benzene rings is 2. The second-order valence-corrected chi connectivity index (χ2v) is 6.45. The minimum absolute atomic E-state index is 0.189. The van der Waals surface area contributed by atoms with Crippen LogP contribution in [0.1, 0.15) is 21.5 Å². The van der Waals surface area contributed by atoms with E-state index in [4.69, 9.17) is 11.6 Å². The zero-order valence-corrected chi connectivity index (χ0v) is 13.8. The second-order valence-electron chi connectivity index (χ2n) is 3.94. The minimum atomic E-state index is 0.189. The summed E-state index contributed by atoms with van der Waals surface area (Å²) in [6, 6.07) is 14.5. The fraction of sp³-hybridized carbons (Fsp3) is 0.143. The van der Waals surface area contributed by atoms with Crippen LogP contribution in [0.5, 0.6) is 0 Å². The highest BCUT2D eigenvalue weighted by molar-refractivity contribution is 14.1. The van der Waals surface area contributed by atoms with Crippen LogP contribution in [-0.2, 0) is 0 Å². The van der Waals surface area contributed by atoms with Crippen LogP contribution in [-0.4, -0.2) is 0 Å². The Morgan fingerprint density at radius 2 is 1.76 bits per heavy atom. The average Bonchev–Trinajstić information content (AvgIpc) is 2.32. The topological polar surface area (TPSA) is 0 Å². The summed E-state index contributed by atoms with van der Waals surface area (Å²) in [5.41, 5.74) is 3.73. The fourth-order valence-electron chi connectivity index (χ4n) is 1.62. The third-order valence-electron chi connectivity index (χ3n) is 2.60. The van der Waals surface area contributed by atoms with Crippen LogP contribution in [0.2, 0.25) is 5.02 Å². The van der Waals surface area contributed by atoms with E-state index in [2.05, 4.69) is 69.7 Å². The first kappa shape index (κ1) is 13.4. The summed E-state index contributed by atoms with van der Waals surface area (Å²) in [5.74, 6) is 0. The van der Waals surface area contributed by atoms with Crippen LogP contribution in [0, 0.1) is 10.5 Å². The summed E-state index contributed by atoms with van der Waals surface area (Å²) in [6.45, 7) is 2.09. The van der Waals surface area contributed by atoms with Gasteiger partial charge in [0, 0.05) is 8.59 Å². The van der Waals surface area contributed by atoms with Crippen molar-refractivity contribution < 1.29 is 0 Å². The maximum Gasteiger partial charge on any atom is 0.0655 e. The van der Waals surface area contributed by atoms with Crippen molar-refractivity contribution in [3.05, 3.63) is 67.7 Å². The van der Waals surface area contributed by atoms with Gasteiger partial charge in [0.1, 0.15) is 0 Å². The lowest BCUT2D eigenvalue weighted by molar-refractivity contribution is 1.16. The Balaban J connectivity index is 2.39. The SMILES string of the molecule is Cc1ccc(C(Br)c2cc(Cl)ccc2I)cc1. The Labute approximate surface area is 129 Å². The van der Waals surface area contributed by atoms with E-state index in [1.165, 1.54) is 20.3 Å². The molecule has 0 heterocycles. The number of aryl methyl sites for hydroxylation is 1. The molecule has 2 aromatic carbocycles. The molecule has 0 aromatic heterocycles. The van der Waals surface area contributed by atoms with Gasteiger partial charge in [-0.05, 0) is 58.8 Å². The first-order valence-electron chi connectivity index (χ1n) is 5.23. The lowest BCUT2D eigenvalue weighted by Crippen LogP contribution is -1.95. The van der Waals surface area contributed by atoms with E-state index in [1.54, 1.807) is 0 Å². The average molecular weight is 422 g/mol. The number of alkyl halides is 1. The molecule has 88 valence electrons. The quantitative estimate of drug-likeness (QED) is 0.429. The van der Waals surface area contributed by atoms with Crippen molar-refractivity contribution in [1.82, 2.24) is 0 Å². The van der Waals surface area contributed by atoms with Gasteiger partial charge in [0.05, 0.1) is 4.83 Å². The molecule has 17 heavy (non-hydrogen) atoms. The van der Waals surface area contributed by atoms with E-state index < -0.39 is 0 Å². The van der Waals surface area contributed by atoms with Crippen molar-refractivity contribution in [2.75, 3.05) is 0 Å². The summed E-state index contributed by atoms with van der Waals surface area (Å²) >= 11 is 12.1. The largest absolute Gasteiger partial charge is 0.0843 e. The van der Waals surface area contributed by atoms with Crippen molar-refractivity contribution in [1.29, 1.82) is 0 Å². The molecule has 0 amide bonds. The van der Waals surface area contributed by atoms with E-state index in [0.29, 0.717) is 0 Å². The highest BCUT2D eigenvalue weighted by Crippen LogP contribution is 2.35. The van der Waals surface area contributed by atoms with Crippen LogP contribution in [0.25, 0.3) is 0 Å². The summed E-state index contributed by atoms with van der Waals surface area (Å²) < 4.78 is 1.22. The monoisotopic (exact) mass is 420 g/mol. The first-order chi connectivity index (χ1) is 8.08. The van der Waals surface area contributed by atoms with Crippen molar-refractivity contribution in [3.8, 4) is 0 Å². The first-order valence-corrected chi connectivity index (χ1v) is 7.61. The highest BCUT2D eigenvalue weighted by atomic mass is 127. The van der Waals surface area contributed by atoms with Gasteiger partial charge >= 0.3 is 0 Å². The predicted octanol–water partition coefficient (Wildman–Crippen LogP) is 5.74. The van der Waals surface area contributed by atoms with Gasteiger partial charge < -0.3 is 0 Å². The van der Waals surface area contributed by atoms with Gasteiger partial charge in [0.15, 0.2) is 0 Å². The summed E-state index contributed by atoms with van der Waals surface area (Å²) in [6.07, 6.45) is 0. The molecule has 0 N–H and O–H groups in total. The fourth-order valence-corrected chi connectivity index (χ4v) is 3.56. The van der Waals surface area contributed by atoms with Crippen LogP contribution in [0.15, 0.2) is 42.5 Å². The molecule has 3 heteroatoms. The van der Waals surface area contributed by atoms with Crippen LogP contribution < -0.4 is 0 Å². The predicted molar refractivity (Wildman–Crippen MR) is 86.1 cm³/mol. The Morgan fingerprint density at radius 3 is 2.41 bits per heavy atom. The summed E-state index contributed by atoms with van der Waals surface area (Å²) in [4.78, 5) is 0.189. The van der Waals surface area contributed by atoms with Gasteiger partial charge in [-0.25, -0.2) is 0 Å². The molecule has 0 aliphatic rings. The Hall–Kier alpha value is -0.0600. The van der Waals surface area contributed by atoms with Gasteiger partial charge in [0.25, 0.3) is 0 Å². The third-order valence-corrected chi connectivity index (χ3v) is 4.84. The maximum atomic E-state index is 6.05. The molecule has 0 spiro atoms. The van der Waals surface area contributed by atoms with E-state index in [1.807, 2.05) is 18.2 Å². The molecule has 0 nitrogen and oxygen atoms in total. The molecule has 0 radical (unpaired) electrons. The zero-order valence-electron chi connectivity index (χ0n) is 9.25. The molecule has 2 aromatic rings. The van der Waals surface area contributed by atoms with E-state index in [0.717, 1.165) is 5.02 Å². The number of hydrogen-bond acceptors (Lipinski definition) is 0. The number of halogens is 3. The Kier molecular flexibility index (Phi) is 4.50. The van der Waals surface area contributed by atoms with Crippen molar-refractivity contribution >= 4 is 50.1 Å². The second kappa shape index (κ2) is 5.72. The highest BCUT2D eigenvalue weighted by Gasteiger charge is 2.13. The number of hydrogen-bond donors (Lipinski definition) is 0. The van der Waals surface area contributed by atoms with Gasteiger partial charge in [-0.15, -0.1) is 0 Å².